The van der Waals surface area contributed by atoms with E-state index in [0.717, 1.165) is 12.0 Å². The van der Waals surface area contributed by atoms with Crippen LogP contribution >= 0.6 is 0 Å². The third-order valence-electron chi connectivity index (χ3n) is 3.35. The summed E-state index contributed by atoms with van der Waals surface area (Å²) in [5.74, 6) is -0.296. The number of amides is 1. The average Bonchev–Trinajstić information content (AvgIpc) is 2.51. The van der Waals surface area contributed by atoms with E-state index in [1.807, 2.05) is 12.2 Å². The largest absolute Gasteiger partial charge is 0.350 e. The summed E-state index contributed by atoms with van der Waals surface area (Å²) in [5.41, 5.74) is 3.57. The molecule has 0 bridgehead atoms. The summed E-state index contributed by atoms with van der Waals surface area (Å²) in [5, 5.41) is 8.66. The molecule has 1 heterocycles. The first-order chi connectivity index (χ1) is 10.6. The van der Waals surface area contributed by atoms with Gasteiger partial charge in [-0.25, -0.2) is 5.10 Å². The maximum atomic E-state index is 11.8. The zero-order valence-corrected chi connectivity index (χ0v) is 12.7. The van der Waals surface area contributed by atoms with E-state index >= 15 is 0 Å². The Morgan fingerprint density at radius 1 is 1.23 bits per heavy atom. The van der Waals surface area contributed by atoms with Crippen molar-refractivity contribution < 1.29 is 4.79 Å². The maximum absolute atomic E-state index is 11.8. The molecule has 0 aliphatic rings. The molecule has 2 N–H and O–H groups in total. The summed E-state index contributed by atoms with van der Waals surface area (Å²) < 4.78 is 0. The highest BCUT2D eigenvalue weighted by molar-refractivity contribution is 5.91. The van der Waals surface area contributed by atoms with Crippen LogP contribution < -0.4 is 10.9 Å². The van der Waals surface area contributed by atoms with Crippen molar-refractivity contribution in [3.8, 4) is 0 Å². The minimum absolute atomic E-state index is 0.206. The zero-order chi connectivity index (χ0) is 15.9. The first kappa shape index (κ1) is 15.7. The fourth-order valence-corrected chi connectivity index (χ4v) is 1.92. The summed E-state index contributed by atoms with van der Waals surface area (Å²) in [4.78, 5) is 22.6. The number of nitrogens with zero attached hydrogens (tertiary/aromatic N) is 1. The van der Waals surface area contributed by atoms with E-state index < -0.39 is 0 Å². The molecule has 2 rings (SSSR count). The second-order valence-corrected chi connectivity index (χ2v) is 5.10. The molecule has 0 unspecified atom stereocenters. The lowest BCUT2D eigenvalue weighted by atomic mass is 10.1. The third kappa shape index (κ3) is 4.41. The summed E-state index contributed by atoms with van der Waals surface area (Å²) in [6, 6.07) is 8.98. The van der Waals surface area contributed by atoms with Crippen LogP contribution in [0.3, 0.4) is 0 Å². The van der Waals surface area contributed by atoms with Crippen molar-refractivity contribution in [2.75, 3.05) is 6.54 Å². The van der Waals surface area contributed by atoms with Gasteiger partial charge < -0.3 is 5.32 Å². The number of aromatic nitrogens is 2. The lowest BCUT2D eigenvalue weighted by molar-refractivity contribution is 0.0948. The molecule has 22 heavy (non-hydrogen) atoms. The number of benzene rings is 1. The van der Waals surface area contributed by atoms with Gasteiger partial charge in [0.2, 0.25) is 0 Å². The molecule has 0 radical (unpaired) electrons. The molecule has 0 aliphatic carbocycles. The zero-order valence-electron chi connectivity index (χ0n) is 12.7. The van der Waals surface area contributed by atoms with E-state index in [-0.39, 0.29) is 17.2 Å². The molecule has 0 aliphatic heterocycles. The number of nitrogens with one attached hydrogen (secondary N) is 2. The molecule has 114 valence electrons. The molecular weight excluding hydrogens is 278 g/mol. The van der Waals surface area contributed by atoms with Gasteiger partial charge >= 0.3 is 0 Å². The second kappa shape index (κ2) is 7.36. The summed E-state index contributed by atoms with van der Waals surface area (Å²) in [6.45, 7) is 4.69. The van der Waals surface area contributed by atoms with Crippen LogP contribution in [-0.2, 0) is 0 Å². The number of carbonyl (C=O) groups is 1. The van der Waals surface area contributed by atoms with E-state index in [0.29, 0.717) is 6.54 Å². The van der Waals surface area contributed by atoms with Gasteiger partial charge in [0.25, 0.3) is 11.5 Å². The lowest BCUT2D eigenvalue weighted by Gasteiger charge is -2.02. The van der Waals surface area contributed by atoms with Crippen LogP contribution in [0, 0.1) is 13.8 Å². The Bertz CT molecular complexity index is 727. The van der Waals surface area contributed by atoms with Crippen LogP contribution in [0.5, 0.6) is 0 Å². The Balaban J connectivity index is 1.80. The Kier molecular flexibility index (Phi) is 5.25. The highest BCUT2D eigenvalue weighted by Crippen LogP contribution is 2.11. The number of carbonyl (C=O) groups excluding carboxylic acids is 1. The first-order valence-electron chi connectivity index (χ1n) is 7.14. The molecule has 1 aromatic heterocycles. The third-order valence-corrected chi connectivity index (χ3v) is 3.35. The van der Waals surface area contributed by atoms with Crippen molar-refractivity contribution in [3.05, 3.63) is 69.1 Å². The summed E-state index contributed by atoms with van der Waals surface area (Å²) in [6.07, 6.45) is 4.78. The fourth-order valence-electron chi connectivity index (χ4n) is 1.92. The van der Waals surface area contributed by atoms with E-state index in [9.17, 15) is 9.59 Å². The van der Waals surface area contributed by atoms with Crippen molar-refractivity contribution in [2.45, 2.75) is 20.3 Å². The molecule has 1 amide bonds. The molecule has 0 atom stereocenters. The topological polar surface area (TPSA) is 74.8 Å². The van der Waals surface area contributed by atoms with Gasteiger partial charge in [-0.1, -0.05) is 30.4 Å². The number of hydrogen-bond donors (Lipinski definition) is 2. The van der Waals surface area contributed by atoms with E-state index in [2.05, 4.69) is 47.6 Å². The highest BCUT2D eigenvalue weighted by Gasteiger charge is 2.05. The standard InChI is InChI=1S/C17H19N3O2/c1-12-6-7-14(11-13(12)2)5-3-4-10-18-17(22)15-8-9-16(21)20-19-15/h3,5-9,11H,4,10H2,1-2H3,(H,18,22)(H,20,21)/b5-3+. The van der Waals surface area contributed by atoms with Crippen molar-refractivity contribution in [2.24, 2.45) is 0 Å². The van der Waals surface area contributed by atoms with Crippen LogP contribution in [0.25, 0.3) is 6.08 Å². The predicted octanol–water partition coefficient (Wildman–Crippen LogP) is 2.22. The summed E-state index contributed by atoms with van der Waals surface area (Å²) >= 11 is 0. The number of hydrogen-bond acceptors (Lipinski definition) is 3. The van der Waals surface area contributed by atoms with Crippen LogP contribution in [0.1, 0.15) is 33.6 Å². The Morgan fingerprint density at radius 3 is 2.73 bits per heavy atom. The molecule has 2 aromatic rings. The van der Waals surface area contributed by atoms with E-state index in [4.69, 9.17) is 0 Å². The van der Waals surface area contributed by atoms with Crippen molar-refractivity contribution in [1.82, 2.24) is 15.5 Å². The fraction of sp³-hybridized carbons (Fsp3) is 0.235. The van der Waals surface area contributed by atoms with E-state index in [1.165, 1.54) is 23.3 Å². The molecule has 1 aromatic carbocycles. The minimum atomic E-state index is -0.326. The average molecular weight is 297 g/mol. The van der Waals surface area contributed by atoms with Gasteiger partial charge in [0.1, 0.15) is 5.69 Å². The van der Waals surface area contributed by atoms with Gasteiger partial charge in [0.05, 0.1) is 0 Å². The molecular formula is C17H19N3O2. The molecule has 5 heteroatoms. The SMILES string of the molecule is Cc1ccc(/C=C/CCNC(=O)c2ccc(=O)[nH]n2)cc1C. The van der Waals surface area contributed by atoms with Gasteiger partial charge in [-0.2, -0.15) is 5.10 Å². The second-order valence-electron chi connectivity index (χ2n) is 5.10. The van der Waals surface area contributed by atoms with Gasteiger partial charge in [0, 0.05) is 12.6 Å². The Labute approximate surface area is 129 Å². The van der Waals surface area contributed by atoms with Crippen molar-refractivity contribution in [3.63, 3.8) is 0 Å². The number of rotatable bonds is 5. The van der Waals surface area contributed by atoms with Crippen molar-refractivity contribution in [1.29, 1.82) is 0 Å². The first-order valence-corrected chi connectivity index (χ1v) is 7.14. The molecule has 0 spiro atoms. The van der Waals surface area contributed by atoms with Gasteiger partial charge in [0.15, 0.2) is 0 Å². The molecule has 0 saturated heterocycles. The van der Waals surface area contributed by atoms with E-state index in [1.54, 1.807) is 0 Å². The van der Waals surface area contributed by atoms with Crippen LogP contribution in [-0.4, -0.2) is 22.6 Å². The number of H-pyrrole nitrogens is 1. The Hall–Kier alpha value is -2.69. The molecule has 0 saturated carbocycles. The normalized spacial score (nSPS) is 10.8. The minimum Gasteiger partial charge on any atom is -0.350 e. The van der Waals surface area contributed by atoms with Crippen LogP contribution in [0.15, 0.2) is 41.2 Å². The highest BCUT2D eigenvalue weighted by atomic mass is 16.2. The quantitative estimate of drug-likeness (QED) is 0.831. The lowest BCUT2D eigenvalue weighted by Crippen LogP contribution is -2.26. The predicted molar refractivity (Wildman–Crippen MR) is 86.8 cm³/mol. The van der Waals surface area contributed by atoms with Gasteiger partial charge in [-0.3, -0.25) is 9.59 Å². The maximum Gasteiger partial charge on any atom is 0.271 e. The Morgan fingerprint density at radius 2 is 2.05 bits per heavy atom. The smallest absolute Gasteiger partial charge is 0.271 e. The number of aromatic amines is 1. The summed E-state index contributed by atoms with van der Waals surface area (Å²) in [7, 11) is 0. The molecule has 5 nitrogen and oxygen atoms in total. The monoisotopic (exact) mass is 297 g/mol. The van der Waals surface area contributed by atoms with Gasteiger partial charge in [-0.15, -0.1) is 0 Å². The van der Waals surface area contributed by atoms with Crippen LogP contribution in [0.4, 0.5) is 0 Å². The number of aryl methyl sites for hydroxylation is 2. The molecule has 0 fully saturated rings. The van der Waals surface area contributed by atoms with Gasteiger partial charge in [-0.05, 0) is 43.0 Å². The van der Waals surface area contributed by atoms with Crippen LogP contribution in [0.2, 0.25) is 0 Å². The van der Waals surface area contributed by atoms with Crippen molar-refractivity contribution >= 4 is 12.0 Å².